The minimum Gasteiger partial charge on any atom is -0.493 e. The summed E-state index contributed by atoms with van der Waals surface area (Å²) in [4.78, 5) is 22.5. The van der Waals surface area contributed by atoms with E-state index in [2.05, 4.69) is 5.32 Å². The minimum atomic E-state index is -0.912. The summed E-state index contributed by atoms with van der Waals surface area (Å²) in [5.41, 5.74) is 0. The molecule has 1 aromatic rings. The van der Waals surface area contributed by atoms with Crippen molar-refractivity contribution in [3.05, 3.63) is 30.3 Å². The Labute approximate surface area is 118 Å². The number of benzene rings is 1. The van der Waals surface area contributed by atoms with E-state index in [1.54, 1.807) is 0 Å². The Morgan fingerprint density at radius 2 is 1.90 bits per heavy atom. The fourth-order valence-electron chi connectivity index (χ4n) is 1.70. The van der Waals surface area contributed by atoms with Crippen LogP contribution in [0.3, 0.4) is 0 Å². The predicted molar refractivity (Wildman–Crippen MR) is 75.6 cm³/mol. The molecule has 0 radical (unpaired) electrons. The van der Waals surface area contributed by atoms with Gasteiger partial charge in [0.25, 0.3) is 0 Å². The first-order valence-electron chi connectivity index (χ1n) is 6.68. The third-order valence-corrected chi connectivity index (χ3v) is 2.89. The Morgan fingerprint density at radius 1 is 1.25 bits per heavy atom. The summed E-state index contributed by atoms with van der Waals surface area (Å²) in [6.07, 6.45) is 0.140. The molecule has 0 bridgehead atoms. The van der Waals surface area contributed by atoms with Crippen LogP contribution in [0, 0.1) is 5.92 Å². The lowest BCUT2D eigenvalue weighted by Gasteiger charge is -2.20. The van der Waals surface area contributed by atoms with Crippen molar-refractivity contribution in [3.63, 3.8) is 0 Å². The van der Waals surface area contributed by atoms with E-state index in [-0.39, 0.29) is 37.3 Å². The van der Waals surface area contributed by atoms with E-state index in [0.717, 1.165) is 0 Å². The quantitative estimate of drug-likeness (QED) is 0.764. The fourth-order valence-corrected chi connectivity index (χ4v) is 1.70. The molecule has 5 nitrogen and oxygen atoms in total. The molecule has 1 atom stereocenters. The Hall–Kier alpha value is -2.04. The van der Waals surface area contributed by atoms with Gasteiger partial charge < -0.3 is 15.2 Å². The van der Waals surface area contributed by atoms with Gasteiger partial charge in [-0.1, -0.05) is 32.0 Å². The number of nitrogens with one attached hydrogen (secondary N) is 1. The van der Waals surface area contributed by atoms with E-state index in [4.69, 9.17) is 9.84 Å². The summed E-state index contributed by atoms with van der Waals surface area (Å²) >= 11 is 0. The maximum absolute atomic E-state index is 11.7. The molecule has 1 unspecified atom stereocenters. The van der Waals surface area contributed by atoms with Gasteiger partial charge in [0.2, 0.25) is 5.91 Å². The van der Waals surface area contributed by atoms with Gasteiger partial charge in [-0.05, 0) is 18.1 Å². The molecule has 0 fully saturated rings. The van der Waals surface area contributed by atoms with Crippen molar-refractivity contribution >= 4 is 11.9 Å². The van der Waals surface area contributed by atoms with Crippen LogP contribution in [0.25, 0.3) is 0 Å². The molecule has 0 heterocycles. The second-order valence-electron chi connectivity index (χ2n) is 4.93. The monoisotopic (exact) mass is 279 g/mol. The normalized spacial score (nSPS) is 11.9. The molecule has 0 aromatic heterocycles. The van der Waals surface area contributed by atoms with Gasteiger partial charge in [-0.3, -0.25) is 9.59 Å². The van der Waals surface area contributed by atoms with Crippen LogP contribution in [0.15, 0.2) is 30.3 Å². The first-order chi connectivity index (χ1) is 9.49. The predicted octanol–water partition coefficient (Wildman–Crippen LogP) is 2.07. The van der Waals surface area contributed by atoms with Crippen LogP contribution in [-0.4, -0.2) is 29.6 Å². The highest BCUT2D eigenvalue weighted by Gasteiger charge is 2.19. The number of rotatable bonds is 8. The van der Waals surface area contributed by atoms with Crippen LogP contribution in [0.4, 0.5) is 0 Å². The van der Waals surface area contributed by atoms with Gasteiger partial charge in [0.05, 0.1) is 19.4 Å². The van der Waals surface area contributed by atoms with Gasteiger partial charge in [-0.2, -0.15) is 0 Å². The highest BCUT2D eigenvalue weighted by atomic mass is 16.5. The average Bonchev–Trinajstić information content (AvgIpc) is 2.38. The number of hydrogen-bond acceptors (Lipinski definition) is 3. The molecule has 20 heavy (non-hydrogen) atoms. The zero-order valence-corrected chi connectivity index (χ0v) is 11.8. The second kappa shape index (κ2) is 8.19. The van der Waals surface area contributed by atoms with Crippen molar-refractivity contribution in [2.45, 2.75) is 32.7 Å². The van der Waals surface area contributed by atoms with Crippen LogP contribution in [0.2, 0.25) is 0 Å². The van der Waals surface area contributed by atoms with Crippen molar-refractivity contribution in [2.24, 2.45) is 5.92 Å². The summed E-state index contributed by atoms with van der Waals surface area (Å²) in [6, 6.07) is 8.89. The molecule has 0 aliphatic heterocycles. The zero-order valence-electron chi connectivity index (χ0n) is 11.8. The SMILES string of the molecule is CC(C)C(CC(=O)O)NC(=O)CCOc1ccccc1. The van der Waals surface area contributed by atoms with E-state index in [9.17, 15) is 9.59 Å². The third kappa shape index (κ3) is 6.22. The number of ether oxygens (including phenoxy) is 1. The Kier molecular flexibility index (Phi) is 6.56. The van der Waals surface area contributed by atoms with Crippen LogP contribution >= 0.6 is 0 Å². The summed E-state index contributed by atoms with van der Waals surface area (Å²) in [7, 11) is 0. The molecular weight excluding hydrogens is 258 g/mol. The minimum absolute atomic E-state index is 0.0665. The van der Waals surface area contributed by atoms with Gasteiger partial charge in [-0.25, -0.2) is 0 Å². The van der Waals surface area contributed by atoms with Crippen LogP contribution in [0.1, 0.15) is 26.7 Å². The van der Waals surface area contributed by atoms with Gasteiger partial charge >= 0.3 is 5.97 Å². The second-order valence-corrected chi connectivity index (χ2v) is 4.93. The third-order valence-electron chi connectivity index (χ3n) is 2.89. The van der Waals surface area contributed by atoms with Crippen molar-refractivity contribution < 1.29 is 19.4 Å². The standard InChI is InChI=1S/C15H21NO4/c1-11(2)13(10-15(18)19)16-14(17)8-9-20-12-6-4-3-5-7-12/h3-7,11,13H,8-10H2,1-2H3,(H,16,17)(H,18,19). The van der Waals surface area contributed by atoms with E-state index >= 15 is 0 Å². The fraction of sp³-hybridized carbons (Fsp3) is 0.467. The van der Waals surface area contributed by atoms with Crippen LogP contribution in [-0.2, 0) is 9.59 Å². The molecular formula is C15H21NO4. The molecule has 110 valence electrons. The maximum atomic E-state index is 11.7. The zero-order chi connectivity index (χ0) is 15.0. The van der Waals surface area contributed by atoms with Gasteiger partial charge in [0.15, 0.2) is 0 Å². The van der Waals surface area contributed by atoms with E-state index in [0.29, 0.717) is 5.75 Å². The van der Waals surface area contributed by atoms with Crippen molar-refractivity contribution in [1.82, 2.24) is 5.32 Å². The smallest absolute Gasteiger partial charge is 0.305 e. The lowest BCUT2D eigenvalue weighted by Crippen LogP contribution is -2.40. The largest absolute Gasteiger partial charge is 0.493 e. The molecule has 0 saturated carbocycles. The first kappa shape index (κ1) is 16.0. The summed E-state index contributed by atoms with van der Waals surface area (Å²) < 4.78 is 5.42. The molecule has 1 rings (SSSR count). The van der Waals surface area contributed by atoms with Crippen molar-refractivity contribution in [1.29, 1.82) is 0 Å². The molecule has 2 N–H and O–H groups in total. The molecule has 0 aliphatic carbocycles. The van der Waals surface area contributed by atoms with Gasteiger partial charge in [0.1, 0.15) is 5.75 Å². The topological polar surface area (TPSA) is 75.6 Å². The number of carbonyl (C=O) groups is 2. The number of aliphatic carboxylic acids is 1. The summed E-state index contributed by atoms with van der Waals surface area (Å²) in [5, 5.41) is 11.5. The molecule has 0 saturated heterocycles. The van der Waals surface area contributed by atoms with Crippen molar-refractivity contribution in [2.75, 3.05) is 6.61 Å². The molecule has 0 aliphatic rings. The summed E-state index contributed by atoms with van der Waals surface area (Å²) in [5.74, 6) is -0.318. The number of hydrogen-bond donors (Lipinski definition) is 2. The molecule has 5 heteroatoms. The Morgan fingerprint density at radius 3 is 2.45 bits per heavy atom. The van der Waals surface area contributed by atoms with E-state index in [1.165, 1.54) is 0 Å². The van der Waals surface area contributed by atoms with Gasteiger partial charge in [0, 0.05) is 6.04 Å². The average molecular weight is 279 g/mol. The van der Waals surface area contributed by atoms with E-state index in [1.807, 2.05) is 44.2 Å². The number of para-hydroxylation sites is 1. The van der Waals surface area contributed by atoms with Gasteiger partial charge in [-0.15, -0.1) is 0 Å². The number of carboxylic acids is 1. The van der Waals surface area contributed by atoms with E-state index < -0.39 is 5.97 Å². The molecule has 0 spiro atoms. The number of carbonyl (C=O) groups excluding carboxylic acids is 1. The lowest BCUT2D eigenvalue weighted by atomic mass is 10.0. The number of amides is 1. The summed E-state index contributed by atoms with van der Waals surface area (Å²) in [6.45, 7) is 4.04. The Bertz CT molecular complexity index is 431. The number of carboxylic acid groups (broad SMARTS) is 1. The van der Waals surface area contributed by atoms with Crippen molar-refractivity contribution in [3.8, 4) is 5.75 Å². The first-order valence-corrected chi connectivity index (χ1v) is 6.68. The lowest BCUT2D eigenvalue weighted by molar-refractivity contribution is -0.138. The maximum Gasteiger partial charge on any atom is 0.305 e. The highest BCUT2D eigenvalue weighted by Crippen LogP contribution is 2.09. The van der Waals surface area contributed by atoms with Crippen LogP contribution < -0.4 is 10.1 Å². The molecule has 1 amide bonds. The Balaban J connectivity index is 2.33. The van der Waals surface area contributed by atoms with Crippen LogP contribution in [0.5, 0.6) is 5.75 Å². The highest BCUT2D eigenvalue weighted by molar-refractivity contribution is 5.77. The molecule has 1 aromatic carbocycles.